The smallest absolute Gasteiger partial charge is 0.225 e. The van der Waals surface area contributed by atoms with Crippen molar-refractivity contribution in [2.75, 3.05) is 6.54 Å². The molecule has 1 amide bonds. The first-order valence-corrected chi connectivity index (χ1v) is 7.53. The van der Waals surface area contributed by atoms with E-state index in [-0.39, 0.29) is 11.8 Å². The van der Waals surface area contributed by atoms with Crippen LogP contribution >= 0.6 is 0 Å². The lowest BCUT2D eigenvalue weighted by atomic mass is 10.1. The number of nitrogens with zero attached hydrogens (tertiary/aromatic N) is 3. The third-order valence-electron chi connectivity index (χ3n) is 3.14. The Morgan fingerprint density at radius 1 is 1.30 bits per heavy atom. The fourth-order valence-electron chi connectivity index (χ4n) is 2.24. The standard InChI is InChI=1S/C16H27N3O/c1-6-7-14-8-9-17-18-15(14)11-19(10-12(2)3)16(20)13(4)5/h8-9,12-13H,6-7,10-11H2,1-5H3. The number of carbonyl (C=O) groups is 1. The van der Waals surface area contributed by atoms with Crippen LogP contribution in [0.2, 0.25) is 0 Å². The lowest BCUT2D eigenvalue weighted by Crippen LogP contribution is -2.37. The van der Waals surface area contributed by atoms with E-state index in [9.17, 15) is 4.79 Å². The molecule has 0 aliphatic rings. The van der Waals surface area contributed by atoms with Gasteiger partial charge in [0.25, 0.3) is 0 Å². The van der Waals surface area contributed by atoms with Gasteiger partial charge in [0.1, 0.15) is 0 Å². The Morgan fingerprint density at radius 3 is 2.55 bits per heavy atom. The van der Waals surface area contributed by atoms with Crippen LogP contribution in [0.5, 0.6) is 0 Å². The molecule has 0 saturated carbocycles. The molecule has 0 radical (unpaired) electrons. The Bertz CT molecular complexity index is 429. The van der Waals surface area contributed by atoms with Crippen molar-refractivity contribution in [3.63, 3.8) is 0 Å². The quantitative estimate of drug-likeness (QED) is 0.769. The zero-order valence-electron chi connectivity index (χ0n) is 13.4. The minimum atomic E-state index is 0.0139. The van der Waals surface area contributed by atoms with Crippen molar-refractivity contribution in [2.24, 2.45) is 11.8 Å². The van der Waals surface area contributed by atoms with Crippen LogP contribution in [0, 0.1) is 11.8 Å². The molecule has 0 fully saturated rings. The van der Waals surface area contributed by atoms with Crippen LogP contribution < -0.4 is 0 Å². The summed E-state index contributed by atoms with van der Waals surface area (Å²) in [5.41, 5.74) is 2.14. The Balaban J connectivity index is 2.91. The molecule has 0 aliphatic heterocycles. The molecule has 0 aliphatic carbocycles. The van der Waals surface area contributed by atoms with Gasteiger partial charge in [-0.05, 0) is 24.0 Å². The third-order valence-corrected chi connectivity index (χ3v) is 3.14. The number of rotatable bonds is 7. The minimum absolute atomic E-state index is 0.0139. The predicted octanol–water partition coefficient (Wildman–Crippen LogP) is 3.07. The summed E-state index contributed by atoms with van der Waals surface area (Å²) in [5.74, 6) is 0.649. The summed E-state index contributed by atoms with van der Waals surface area (Å²) in [5, 5.41) is 8.22. The zero-order chi connectivity index (χ0) is 15.1. The zero-order valence-corrected chi connectivity index (χ0v) is 13.4. The van der Waals surface area contributed by atoms with Gasteiger partial charge in [-0.2, -0.15) is 10.2 Å². The Morgan fingerprint density at radius 2 is 2.00 bits per heavy atom. The minimum Gasteiger partial charge on any atom is -0.336 e. The maximum Gasteiger partial charge on any atom is 0.225 e. The molecule has 0 atom stereocenters. The number of carbonyl (C=O) groups excluding carboxylic acids is 1. The fourth-order valence-corrected chi connectivity index (χ4v) is 2.24. The van der Waals surface area contributed by atoms with Crippen molar-refractivity contribution in [1.29, 1.82) is 0 Å². The average Bonchev–Trinajstić information content (AvgIpc) is 2.39. The van der Waals surface area contributed by atoms with Crippen LogP contribution in [0.15, 0.2) is 12.3 Å². The highest BCUT2D eigenvalue weighted by atomic mass is 16.2. The van der Waals surface area contributed by atoms with Crippen LogP contribution in [0.4, 0.5) is 0 Å². The van der Waals surface area contributed by atoms with Crippen molar-refractivity contribution >= 4 is 5.91 Å². The van der Waals surface area contributed by atoms with Gasteiger partial charge in [-0.1, -0.05) is 41.0 Å². The van der Waals surface area contributed by atoms with Crippen LogP contribution in [-0.4, -0.2) is 27.5 Å². The van der Waals surface area contributed by atoms with Gasteiger partial charge in [-0.3, -0.25) is 4.79 Å². The van der Waals surface area contributed by atoms with Crippen LogP contribution in [0.1, 0.15) is 52.3 Å². The molecule has 0 N–H and O–H groups in total. The molecule has 0 bridgehead atoms. The summed E-state index contributed by atoms with van der Waals surface area (Å²) < 4.78 is 0. The van der Waals surface area contributed by atoms with Gasteiger partial charge in [-0.15, -0.1) is 0 Å². The number of hydrogen-bond donors (Lipinski definition) is 0. The molecule has 0 saturated heterocycles. The molecule has 1 heterocycles. The first-order valence-electron chi connectivity index (χ1n) is 7.53. The second-order valence-corrected chi connectivity index (χ2v) is 6.02. The van der Waals surface area contributed by atoms with E-state index in [0.29, 0.717) is 12.5 Å². The summed E-state index contributed by atoms with van der Waals surface area (Å²) in [7, 11) is 0. The molecule has 1 rings (SSSR count). The highest BCUT2D eigenvalue weighted by molar-refractivity contribution is 5.78. The first kappa shape index (κ1) is 16.6. The topological polar surface area (TPSA) is 46.1 Å². The first-order chi connectivity index (χ1) is 9.45. The van der Waals surface area contributed by atoms with E-state index in [4.69, 9.17) is 0 Å². The largest absolute Gasteiger partial charge is 0.336 e. The van der Waals surface area contributed by atoms with Gasteiger partial charge < -0.3 is 4.90 Å². The van der Waals surface area contributed by atoms with Crippen molar-refractivity contribution in [3.8, 4) is 0 Å². The molecule has 0 spiro atoms. The molecule has 112 valence electrons. The van der Waals surface area contributed by atoms with Gasteiger partial charge in [0.2, 0.25) is 5.91 Å². The predicted molar refractivity (Wildman–Crippen MR) is 81.1 cm³/mol. The summed E-state index contributed by atoms with van der Waals surface area (Å²) in [6, 6.07) is 2.01. The molecule has 0 unspecified atom stereocenters. The van der Waals surface area contributed by atoms with Gasteiger partial charge in [0.15, 0.2) is 0 Å². The molecule has 4 nitrogen and oxygen atoms in total. The number of aromatic nitrogens is 2. The highest BCUT2D eigenvalue weighted by Crippen LogP contribution is 2.14. The molecular formula is C16H27N3O. The van der Waals surface area contributed by atoms with E-state index in [1.807, 2.05) is 24.8 Å². The highest BCUT2D eigenvalue weighted by Gasteiger charge is 2.20. The third kappa shape index (κ3) is 4.91. The summed E-state index contributed by atoms with van der Waals surface area (Å²) in [6.45, 7) is 11.6. The van der Waals surface area contributed by atoms with Gasteiger partial charge in [0, 0.05) is 18.7 Å². The SMILES string of the molecule is CCCc1ccnnc1CN(CC(C)C)C(=O)C(C)C. The van der Waals surface area contributed by atoms with Gasteiger partial charge in [-0.25, -0.2) is 0 Å². The number of hydrogen-bond acceptors (Lipinski definition) is 3. The maximum absolute atomic E-state index is 12.3. The molecule has 4 heteroatoms. The Labute approximate surface area is 122 Å². The van der Waals surface area contributed by atoms with Crippen LogP contribution in [0.25, 0.3) is 0 Å². The Hall–Kier alpha value is -1.45. The van der Waals surface area contributed by atoms with Crippen molar-refractivity contribution in [3.05, 3.63) is 23.5 Å². The van der Waals surface area contributed by atoms with Crippen molar-refractivity contribution < 1.29 is 4.79 Å². The summed E-state index contributed by atoms with van der Waals surface area (Å²) >= 11 is 0. The fraction of sp³-hybridized carbons (Fsp3) is 0.688. The van der Waals surface area contributed by atoms with E-state index in [2.05, 4.69) is 31.0 Å². The van der Waals surface area contributed by atoms with E-state index < -0.39 is 0 Å². The van der Waals surface area contributed by atoms with Crippen LogP contribution in [0.3, 0.4) is 0 Å². The van der Waals surface area contributed by atoms with Gasteiger partial charge >= 0.3 is 0 Å². The molecular weight excluding hydrogens is 250 g/mol. The van der Waals surface area contributed by atoms with E-state index >= 15 is 0 Å². The van der Waals surface area contributed by atoms with E-state index in [1.165, 1.54) is 5.56 Å². The van der Waals surface area contributed by atoms with Crippen LogP contribution in [-0.2, 0) is 17.8 Å². The van der Waals surface area contributed by atoms with E-state index in [1.54, 1.807) is 6.20 Å². The molecule has 20 heavy (non-hydrogen) atoms. The lowest BCUT2D eigenvalue weighted by molar-refractivity contribution is -0.135. The van der Waals surface area contributed by atoms with E-state index in [0.717, 1.165) is 25.1 Å². The monoisotopic (exact) mass is 277 g/mol. The van der Waals surface area contributed by atoms with Crippen molar-refractivity contribution in [1.82, 2.24) is 15.1 Å². The number of aryl methyl sites for hydroxylation is 1. The second-order valence-electron chi connectivity index (χ2n) is 6.02. The molecule has 0 aromatic carbocycles. The second kappa shape index (κ2) is 7.98. The van der Waals surface area contributed by atoms with Gasteiger partial charge in [0.05, 0.1) is 12.2 Å². The maximum atomic E-state index is 12.3. The summed E-state index contributed by atoms with van der Waals surface area (Å²) in [4.78, 5) is 14.2. The molecule has 1 aromatic heterocycles. The molecule has 1 aromatic rings. The number of amides is 1. The van der Waals surface area contributed by atoms with Crippen molar-refractivity contribution in [2.45, 2.75) is 54.0 Å². The average molecular weight is 277 g/mol. The summed E-state index contributed by atoms with van der Waals surface area (Å²) in [6.07, 6.45) is 3.78. The Kier molecular flexibility index (Phi) is 6.62. The lowest BCUT2D eigenvalue weighted by Gasteiger charge is -2.26. The normalized spacial score (nSPS) is 11.2.